The molecule has 0 saturated carbocycles. The number of anilines is 1. The van der Waals surface area contributed by atoms with Crippen LogP contribution in [0, 0.1) is 5.92 Å². The van der Waals surface area contributed by atoms with Crippen LogP contribution < -0.4 is 5.32 Å². The van der Waals surface area contributed by atoms with E-state index in [0.29, 0.717) is 31.7 Å². The van der Waals surface area contributed by atoms with Gasteiger partial charge in [-0.25, -0.2) is 4.98 Å². The zero-order chi connectivity index (χ0) is 23.3. The van der Waals surface area contributed by atoms with Gasteiger partial charge in [0.05, 0.1) is 11.4 Å². The Balaban J connectivity index is 1.19. The fourth-order valence-electron chi connectivity index (χ4n) is 4.83. The minimum absolute atomic E-state index is 0.0446. The lowest BCUT2D eigenvalue weighted by Gasteiger charge is -2.31. The number of nitrogens with zero attached hydrogens (tertiary/aromatic N) is 3. The minimum Gasteiger partial charge on any atom is -0.342 e. The first-order valence-electron chi connectivity index (χ1n) is 12.1. The maximum atomic E-state index is 13.0. The molecule has 7 heteroatoms. The average Bonchev–Trinajstić information content (AvgIpc) is 3.27. The molecule has 0 atom stereocenters. The van der Waals surface area contributed by atoms with E-state index in [2.05, 4.69) is 22.0 Å². The fourth-order valence-corrected chi connectivity index (χ4v) is 5.78. The smallest absolute Gasteiger partial charge is 0.233 e. The SMILES string of the molecule is O=C(Nc1ccccc1)C1CCN(C(=O)CSc2nc3c(n2-c2ccccc2)CCCC3)CC1. The molecule has 0 unspecified atom stereocenters. The Morgan fingerprint density at radius 1 is 0.941 bits per heavy atom. The summed E-state index contributed by atoms with van der Waals surface area (Å²) >= 11 is 1.53. The summed E-state index contributed by atoms with van der Waals surface area (Å²) in [5.74, 6) is 0.472. The number of hydrogen-bond acceptors (Lipinski definition) is 4. The van der Waals surface area contributed by atoms with Crippen molar-refractivity contribution in [3.05, 3.63) is 72.1 Å². The van der Waals surface area contributed by atoms with Crippen molar-refractivity contribution in [2.75, 3.05) is 24.2 Å². The summed E-state index contributed by atoms with van der Waals surface area (Å²) in [7, 11) is 0. The first kappa shape index (κ1) is 22.7. The van der Waals surface area contributed by atoms with Crippen LogP contribution >= 0.6 is 11.8 Å². The van der Waals surface area contributed by atoms with E-state index in [4.69, 9.17) is 4.98 Å². The maximum absolute atomic E-state index is 13.0. The second-order valence-electron chi connectivity index (χ2n) is 8.96. The van der Waals surface area contributed by atoms with Gasteiger partial charge >= 0.3 is 0 Å². The van der Waals surface area contributed by atoms with Crippen LogP contribution in [0.2, 0.25) is 0 Å². The predicted octanol–water partition coefficient (Wildman–Crippen LogP) is 4.72. The number of aryl methyl sites for hydroxylation is 1. The molecule has 5 rings (SSSR count). The second-order valence-corrected chi connectivity index (χ2v) is 9.91. The van der Waals surface area contributed by atoms with Crippen molar-refractivity contribution in [3.8, 4) is 5.69 Å². The minimum atomic E-state index is -0.0550. The van der Waals surface area contributed by atoms with Crippen molar-refractivity contribution >= 4 is 29.3 Å². The van der Waals surface area contributed by atoms with Crippen LogP contribution in [0.1, 0.15) is 37.1 Å². The number of nitrogens with one attached hydrogen (secondary N) is 1. The van der Waals surface area contributed by atoms with Crippen LogP contribution in [0.3, 0.4) is 0 Å². The van der Waals surface area contributed by atoms with Crippen LogP contribution in [0.5, 0.6) is 0 Å². The first-order chi connectivity index (χ1) is 16.7. The molecule has 2 aliphatic rings. The molecule has 2 amide bonds. The maximum Gasteiger partial charge on any atom is 0.233 e. The third-order valence-corrected chi connectivity index (χ3v) is 7.62. The number of thioether (sulfide) groups is 1. The number of fused-ring (bicyclic) bond motifs is 1. The Bertz CT molecular complexity index is 1140. The molecule has 0 bridgehead atoms. The summed E-state index contributed by atoms with van der Waals surface area (Å²) in [4.78, 5) is 32.4. The first-order valence-corrected chi connectivity index (χ1v) is 13.1. The zero-order valence-electron chi connectivity index (χ0n) is 19.3. The lowest BCUT2D eigenvalue weighted by molar-refractivity contribution is -0.132. The van der Waals surface area contributed by atoms with Crippen molar-refractivity contribution in [1.29, 1.82) is 0 Å². The van der Waals surface area contributed by atoms with Crippen LogP contribution in [0.4, 0.5) is 5.69 Å². The van der Waals surface area contributed by atoms with Crippen molar-refractivity contribution in [2.45, 2.75) is 43.7 Å². The Morgan fingerprint density at radius 2 is 1.62 bits per heavy atom. The normalized spacial score (nSPS) is 16.2. The number of carbonyl (C=O) groups is 2. The lowest BCUT2D eigenvalue weighted by atomic mass is 9.96. The Kier molecular flexibility index (Phi) is 7.00. The molecule has 1 aliphatic carbocycles. The van der Waals surface area contributed by atoms with Crippen LogP contribution in [0.15, 0.2) is 65.8 Å². The molecule has 1 aliphatic heterocycles. The third-order valence-electron chi connectivity index (χ3n) is 6.70. The highest BCUT2D eigenvalue weighted by molar-refractivity contribution is 7.99. The quantitative estimate of drug-likeness (QED) is 0.525. The Labute approximate surface area is 204 Å². The van der Waals surface area contributed by atoms with E-state index in [-0.39, 0.29) is 17.7 Å². The lowest BCUT2D eigenvalue weighted by Crippen LogP contribution is -2.42. The van der Waals surface area contributed by atoms with Gasteiger partial charge in [0.2, 0.25) is 11.8 Å². The standard InChI is InChI=1S/C27H30N4O2S/c32-25(30-17-15-20(16-18-30)26(33)28-21-9-3-1-4-10-21)19-34-27-29-23-13-7-8-14-24(23)31(27)22-11-5-2-6-12-22/h1-6,9-12,20H,7-8,13-19H2,(H,28,33). The number of aromatic nitrogens is 2. The van der Waals surface area contributed by atoms with Gasteiger partial charge in [-0.15, -0.1) is 0 Å². The molecule has 1 N–H and O–H groups in total. The van der Waals surface area contributed by atoms with Gasteiger partial charge < -0.3 is 10.2 Å². The Hall–Kier alpha value is -3.06. The summed E-state index contributed by atoms with van der Waals surface area (Å²) in [5, 5.41) is 3.90. The van der Waals surface area contributed by atoms with E-state index in [1.807, 2.05) is 53.4 Å². The van der Waals surface area contributed by atoms with Crippen LogP contribution in [-0.4, -0.2) is 45.1 Å². The molecule has 6 nitrogen and oxygen atoms in total. The molecule has 1 fully saturated rings. The van der Waals surface area contributed by atoms with E-state index < -0.39 is 0 Å². The zero-order valence-corrected chi connectivity index (χ0v) is 20.1. The largest absolute Gasteiger partial charge is 0.342 e. The topological polar surface area (TPSA) is 67.2 Å². The van der Waals surface area contributed by atoms with Gasteiger partial charge in [-0.05, 0) is 62.8 Å². The number of likely N-dealkylation sites (tertiary alicyclic amines) is 1. The molecule has 176 valence electrons. The fraction of sp³-hybridized carbons (Fsp3) is 0.370. The summed E-state index contributed by atoms with van der Waals surface area (Å²) < 4.78 is 2.24. The summed E-state index contributed by atoms with van der Waals surface area (Å²) in [6, 6.07) is 19.9. The molecule has 1 saturated heterocycles. The number of rotatable bonds is 6. The highest BCUT2D eigenvalue weighted by Gasteiger charge is 2.28. The number of hydrogen-bond donors (Lipinski definition) is 1. The van der Waals surface area contributed by atoms with Gasteiger partial charge in [-0.2, -0.15) is 0 Å². The van der Waals surface area contributed by atoms with E-state index in [1.54, 1.807) is 0 Å². The van der Waals surface area contributed by atoms with Crippen LogP contribution in [-0.2, 0) is 22.4 Å². The highest BCUT2D eigenvalue weighted by Crippen LogP contribution is 2.31. The third kappa shape index (κ3) is 5.04. The molecule has 0 spiro atoms. The number of imidazole rings is 1. The Morgan fingerprint density at radius 3 is 2.35 bits per heavy atom. The van der Waals surface area contributed by atoms with E-state index in [1.165, 1.54) is 36.0 Å². The molecule has 3 aromatic rings. The van der Waals surface area contributed by atoms with E-state index in [9.17, 15) is 9.59 Å². The van der Waals surface area contributed by atoms with Gasteiger partial charge in [0, 0.05) is 36.1 Å². The second kappa shape index (κ2) is 10.5. The van der Waals surface area contributed by atoms with Crippen molar-refractivity contribution in [3.63, 3.8) is 0 Å². The molecule has 1 aromatic heterocycles. The van der Waals surface area contributed by atoms with Crippen LogP contribution in [0.25, 0.3) is 5.69 Å². The highest BCUT2D eigenvalue weighted by atomic mass is 32.2. The molecular formula is C27H30N4O2S. The number of para-hydroxylation sites is 2. The summed E-state index contributed by atoms with van der Waals surface area (Å²) in [6.07, 6.45) is 5.79. The van der Waals surface area contributed by atoms with Gasteiger partial charge in [0.15, 0.2) is 5.16 Å². The van der Waals surface area contributed by atoms with E-state index in [0.717, 1.165) is 29.4 Å². The number of benzene rings is 2. The average molecular weight is 475 g/mol. The summed E-state index contributed by atoms with van der Waals surface area (Å²) in [6.45, 7) is 1.24. The van der Waals surface area contributed by atoms with Crippen molar-refractivity contribution < 1.29 is 9.59 Å². The monoisotopic (exact) mass is 474 g/mol. The number of piperidine rings is 1. The summed E-state index contributed by atoms with van der Waals surface area (Å²) in [5.41, 5.74) is 4.39. The van der Waals surface area contributed by atoms with Crippen molar-refractivity contribution in [2.24, 2.45) is 5.92 Å². The van der Waals surface area contributed by atoms with E-state index >= 15 is 0 Å². The number of amides is 2. The van der Waals surface area contributed by atoms with Crippen molar-refractivity contribution in [1.82, 2.24) is 14.5 Å². The molecule has 34 heavy (non-hydrogen) atoms. The molecule has 0 radical (unpaired) electrons. The predicted molar refractivity (Wildman–Crippen MR) is 135 cm³/mol. The molecule has 2 heterocycles. The van der Waals surface area contributed by atoms with Gasteiger partial charge in [-0.3, -0.25) is 14.2 Å². The molecule has 2 aromatic carbocycles. The van der Waals surface area contributed by atoms with Gasteiger partial charge in [0.1, 0.15) is 0 Å². The van der Waals surface area contributed by atoms with Gasteiger partial charge in [-0.1, -0.05) is 48.2 Å². The number of carbonyl (C=O) groups excluding carboxylic acids is 2. The van der Waals surface area contributed by atoms with Gasteiger partial charge in [0.25, 0.3) is 0 Å². The molecular weight excluding hydrogens is 444 g/mol.